The van der Waals surface area contributed by atoms with Crippen molar-refractivity contribution in [1.29, 1.82) is 0 Å². The fraction of sp³-hybridized carbons (Fsp3) is 0.222. The van der Waals surface area contributed by atoms with Gasteiger partial charge >= 0.3 is 5.97 Å². The predicted octanol–water partition coefficient (Wildman–Crippen LogP) is 3.60. The van der Waals surface area contributed by atoms with Gasteiger partial charge in [0.05, 0.1) is 26.2 Å². The molecule has 2 atom stereocenters. The second kappa shape index (κ2) is 10.4. The molecule has 35 heavy (non-hydrogen) atoms. The zero-order valence-electron chi connectivity index (χ0n) is 19.4. The summed E-state index contributed by atoms with van der Waals surface area (Å²) >= 11 is 0. The van der Waals surface area contributed by atoms with Crippen molar-refractivity contribution in [3.8, 4) is 5.75 Å². The predicted molar refractivity (Wildman–Crippen MR) is 126 cm³/mol. The summed E-state index contributed by atoms with van der Waals surface area (Å²) in [7, 11) is 2.80. The Hall–Kier alpha value is -4.20. The number of carbonyl (C=O) groups is 3. The van der Waals surface area contributed by atoms with E-state index in [4.69, 9.17) is 4.74 Å². The van der Waals surface area contributed by atoms with Crippen molar-refractivity contribution in [2.24, 2.45) is 0 Å². The summed E-state index contributed by atoms with van der Waals surface area (Å²) in [5.74, 6) is -1.79. The number of methoxy groups -OCH3 is 2. The number of ether oxygens (including phenoxy) is 2. The Labute approximate surface area is 202 Å². The maximum atomic E-state index is 13.7. The van der Waals surface area contributed by atoms with Crippen LogP contribution >= 0.6 is 0 Å². The van der Waals surface area contributed by atoms with Gasteiger partial charge in [0.25, 0.3) is 5.91 Å². The van der Waals surface area contributed by atoms with Crippen LogP contribution in [0.5, 0.6) is 5.75 Å². The number of benzene rings is 3. The standard InChI is InChI=1S/C27H25FN2O5/c1-34-20-13-9-18(10-14-20)25-24(26(32)29-15-23(31)35-2)21-5-3-4-6-22(21)27(33)30(25)16-17-7-11-19(28)12-8-17/h3-14,24-25H,15-16H2,1-2H3,(H,29,32). The van der Waals surface area contributed by atoms with Crippen LogP contribution in [0.15, 0.2) is 72.8 Å². The molecule has 1 aliphatic rings. The summed E-state index contributed by atoms with van der Waals surface area (Å²) in [6, 6.07) is 19.3. The molecule has 0 spiro atoms. The van der Waals surface area contributed by atoms with Gasteiger partial charge in [-0.15, -0.1) is 0 Å². The van der Waals surface area contributed by atoms with E-state index in [0.717, 1.165) is 0 Å². The molecule has 3 aromatic rings. The molecule has 8 heteroatoms. The van der Waals surface area contributed by atoms with Crippen molar-refractivity contribution in [3.05, 3.63) is 101 Å². The summed E-state index contributed by atoms with van der Waals surface area (Å²) < 4.78 is 23.4. The average molecular weight is 477 g/mol. The van der Waals surface area contributed by atoms with E-state index >= 15 is 0 Å². The van der Waals surface area contributed by atoms with Gasteiger partial charge in [-0.25, -0.2) is 4.39 Å². The lowest BCUT2D eigenvalue weighted by Gasteiger charge is -2.42. The molecule has 180 valence electrons. The highest BCUT2D eigenvalue weighted by atomic mass is 19.1. The van der Waals surface area contributed by atoms with Crippen LogP contribution in [0, 0.1) is 5.82 Å². The molecule has 0 saturated heterocycles. The summed E-state index contributed by atoms with van der Waals surface area (Å²) in [6.07, 6.45) is 0. The summed E-state index contributed by atoms with van der Waals surface area (Å²) in [5, 5.41) is 2.65. The van der Waals surface area contributed by atoms with Crippen LogP contribution < -0.4 is 10.1 Å². The molecule has 0 fully saturated rings. The SMILES string of the molecule is COC(=O)CNC(=O)C1c2ccccc2C(=O)N(Cc2ccc(F)cc2)C1c1ccc(OC)cc1. The summed E-state index contributed by atoms with van der Waals surface area (Å²) in [4.78, 5) is 40.5. The minimum atomic E-state index is -0.803. The topological polar surface area (TPSA) is 84.9 Å². The smallest absolute Gasteiger partial charge is 0.325 e. The molecule has 3 aromatic carbocycles. The maximum Gasteiger partial charge on any atom is 0.325 e. The fourth-order valence-electron chi connectivity index (χ4n) is 4.35. The second-order valence-electron chi connectivity index (χ2n) is 8.14. The van der Waals surface area contributed by atoms with Gasteiger partial charge in [-0.05, 0) is 47.0 Å². The summed E-state index contributed by atoms with van der Waals surface area (Å²) in [6.45, 7) is -0.139. The molecule has 2 unspecified atom stereocenters. The number of carbonyl (C=O) groups excluding carboxylic acids is 3. The third-order valence-corrected chi connectivity index (χ3v) is 6.08. The maximum absolute atomic E-state index is 13.7. The third-order valence-electron chi connectivity index (χ3n) is 6.08. The van der Waals surface area contributed by atoms with E-state index in [9.17, 15) is 18.8 Å². The normalized spacial score (nSPS) is 16.9. The largest absolute Gasteiger partial charge is 0.497 e. The molecular formula is C27H25FN2O5. The minimum absolute atomic E-state index is 0.158. The first-order valence-corrected chi connectivity index (χ1v) is 11.1. The van der Waals surface area contributed by atoms with Gasteiger partial charge in [0.1, 0.15) is 18.1 Å². The quantitative estimate of drug-likeness (QED) is 0.527. The molecule has 0 aliphatic carbocycles. The van der Waals surface area contributed by atoms with Crippen molar-refractivity contribution in [1.82, 2.24) is 10.2 Å². The molecule has 0 saturated carbocycles. The molecular weight excluding hydrogens is 451 g/mol. The number of hydrogen-bond donors (Lipinski definition) is 1. The Kier molecular flexibility index (Phi) is 7.10. The lowest BCUT2D eigenvalue weighted by atomic mass is 9.79. The zero-order chi connectivity index (χ0) is 24.9. The molecule has 4 rings (SSSR count). The number of nitrogens with zero attached hydrogens (tertiary/aromatic N) is 1. The van der Waals surface area contributed by atoms with Crippen molar-refractivity contribution in [2.75, 3.05) is 20.8 Å². The number of amides is 2. The van der Waals surface area contributed by atoms with E-state index < -0.39 is 23.8 Å². The van der Waals surface area contributed by atoms with Gasteiger partial charge < -0.3 is 19.7 Å². The molecule has 1 aliphatic heterocycles. The Morgan fingerprint density at radius 2 is 1.66 bits per heavy atom. The van der Waals surface area contributed by atoms with E-state index in [1.165, 1.54) is 19.2 Å². The van der Waals surface area contributed by atoms with Crippen LogP contribution in [0.2, 0.25) is 0 Å². The van der Waals surface area contributed by atoms with Gasteiger partial charge in [-0.2, -0.15) is 0 Å². The van der Waals surface area contributed by atoms with Crippen LogP contribution in [0.1, 0.15) is 39.0 Å². The Morgan fingerprint density at radius 3 is 2.31 bits per heavy atom. The van der Waals surface area contributed by atoms with Gasteiger partial charge in [0.15, 0.2) is 0 Å². The minimum Gasteiger partial charge on any atom is -0.497 e. The first kappa shape index (κ1) is 23.9. The van der Waals surface area contributed by atoms with Crippen molar-refractivity contribution >= 4 is 17.8 Å². The first-order valence-electron chi connectivity index (χ1n) is 11.1. The lowest BCUT2D eigenvalue weighted by molar-refractivity contribution is -0.141. The summed E-state index contributed by atoms with van der Waals surface area (Å²) in [5.41, 5.74) is 2.40. The van der Waals surface area contributed by atoms with Gasteiger partial charge in [0.2, 0.25) is 5.91 Å². The van der Waals surface area contributed by atoms with Crippen molar-refractivity contribution < 1.29 is 28.2 Å². The number of hydrogen-bond acceptors (Lipinski definition) is 5. The lowest BCUT2D eigenvalue weighted by Crippen LogP contribution is -2.47. The van der Waals surface area contributed by atoms with E-state index in [1.807, 2.05) is 12.1 Å². The first-order chi connectivity index (χ1) is 16.9. The highest BCUT2D eigenvalue weighted by Crippen LogP contribution is 2.43. The highest BCUT2D eigenvalue weighted by molar-refractivity contribution is 6.01. The van der Waals surface area contributed by atoms with E-state index in [1.54, 1.807) is 60.5 Å². The highest BCUT2D eigenvalue weighted by Gasteiger charge is 2.44. The van der Waals surface area contributed by atoms with Crippen LogP contribution in [0.25, 0.3) is 0 Å². The molecule has 7 nitrogen and oxygen atoms in total. The molecule has 0 bridgehead atoms. The Balaban J connectivity index is 1.82. The number of esters is 1. The van der Waals surface area contributed by atoms with Crippen LogP contribution in [-0.4, -0.2) is 43.4 Å². The van der Waals surface area contributed by atoms with Crippen molar-refractivity contribution in [3.63, 3.8) is 0 Å². The Bertz CT molecular complexity index is 1230. The zero-order valence-corrected chi connectivity index (χ0v) is 19.4. The van der Waals surface area contributed by atoms with Crippen LogP contribution in [-0.2, 0) is 20.9 Å². The Morgan fingerprint density at radius 1 is 0.971 bits per heavy atom. The van der Waals surface area contributed by atoms with Crippen LogP contribution in [0.4, 0.5) is 4.39 Å². The van der Waals surface area contributed by atoms with Crippen LogP contribution in [0.3, 0.4) is 0 Å². The second-order valence-corrected chi connectivity index (χ2v) is 8.14. The monoisotopic (exact) mass is 476 g/mol. The van der Waals surface area contributed by atoms with Crippen molar-refractivity contribution in [2.45, 2.75) is 18.5 Å². The number of rotatable bonds is 7. The number of nitrogens with one attached hydrogen (secondary N) is 1. The van der Waals surface area contributed by atoms with Gasteiger partial charge in [-0.3, -0.25) is 14.4 Å². The molecule has 0 radical (unpaired) electrons. The van der Waals surface area contributed by atoms with E-state index in [2.05, 4.69) is 10.1 Å². The van der Waals surface area contributed by atoms with Gasteiger partial charge in [-0.1, -0.05) is 42.5 Å². The van der Waals surface area contributed by atoms with Gasteiger partial charge in [0, 0.05) is 12.1 Å². The molecule has 1 heterocycles. The molecule has 0 aromatic heterocycles. The molecule has 1 N–H and O–H groups in total. The van der Waals surface area contributed by atoms with E-state index in [0.29, 0.717) is 28.0 Å². The average Bonchev–Trinajstić information content (AvgIpc) is 2.89. The number of fused-ring (bicyclic) bond motifs is 1. The number of halogens is 1. The molecule has 2 amide bonds. The van der Waals surface area contributed by atoms with E-state index in [-0.39, 0.29) is 24.8 Å². The third kappa shape index (κ3) is 5.01. The fourth-order valence-corrected chi connectivity index (χ4v) is 4.35.